The molecule has 4 rings (SSSR count). The van der Waals surface area contributed by atoms with Crippen LogP contribution in [0.25, 0.3) is 0 Å². The molecule has 4 nitrogen and oxygen atoms in total. The van der Waals surface area contributed by atoms with Crippen LogP contribution >= 0.6 is 0 Å². The number of hydrogen-bond donors (Lipinski definition) is 1. The van der Waals surface area contributed by atoms with Crippen LogP contribution in [-0.4, -0.2) is 16.7 Å². The molecule has 0 heterocycles. The van der Waals surface area contributed by atoms with E-state index in [2.05, 4.69) is 0 Å². The van der Waals surface area contributed by atoms with Crippen LogP contribution in [0.3, 0.4) is 0 Å². The summed E-state index contributed by atoms with van der Waals surface area (Å²) < 4.78 is 19.1. The lowest BCUT2D eigenvalue weighted by molar-refractivity contribution is 0.102. The zero-order valence-electron chi connectivity index (χ0n) is 16.3. The Balaban J connectivity index is 1.61. The molecule has 4 aromatic rings. The van der Waals surface area contributed by atoms with Gasteiger partial charge in [-0.25, -0.2) is 4.39 Å². The van der Waals surface area contributed by atoms with Gasteiger partial charge in [0.1, 0.15) is 23.1 Å². The lowest BCUT2D eigenvalue weighted by Crippen LogP contribution is -2.04. The minimum Gasteiger partial charge on any atom is -0.508 e. The van der Waals surface area contributed by atoms with E-state index in [4.69, 9.17) is 4.74 Å². The van der Waals surface area contributed by atoms with Gasteiger partial charge in [0.15, 0.2) is 11.6 Å². The lowest BCUT2D eigenvalue weighted by atomic mass is 10.0. The summed E-state index contributed by atoms with van der Waals surface area (Å²) in [6.07, 6.45) is 0. The van der Waals surface area contributed by atoms with Gasteiger partial charge in [0, 0.05) is 16.7 Å². The molecular weight excluding hydrogens is 395 g/mol. The number of phenols is 1. The summed E-state index contributed by atoms with van der Waals surface area (Å²) >= 11 is 0. The van der Waals surface area contributed by atoms with Crippen molar-refractivity contribution in [3.05, 3.63) is 125 Å². The van der Waals surface area contributed by atoms with Crippen molar-refractivity contribution in [2.24, 2.45) is 0 Å². The number of carbonyl (C=O) groups is 2. The zero-order valence-corrected chi connectivity index (χ0v) is 16.3. The Kier molecular flexibility index (Phi) is 5.58. The lowest BCUT2D eigenvalue weighted by Gasteiger charge is -2.11. The summed E-state index contributed by atoms with van der Waals surface area (Å²) in [4.78, 5) is 25.6. The molecule has 0 bridgehead atoms. The maximum absolute atomic E-state index is 13.1. The Morgan fingerprint density at radius 3 is 2.06 bits per heavy atom. The van der Waals surface area contributed by atoms with E-state index in [9.17, 15) is 19.1 Å². The number of ether oxygens (including phenoxy) is 1. The fourth-order valence-electron chi connectivity index (χ4n) is 3.11. The van der Waals surface area contributed by atoms with Gasteiger partial charge in [-0.15, -0.1) is 0 Å². The molecule has 0 saturated carbocycles. The van der Waals surface area contributed by atoms with Gasteiger partial charge in [-0.05, 0) is 72.8 Å². The summed E-state index contributed by atoms with van der Waals surface area (Å²) in [7, 11) is 0. The van der Waals surface area contributed by atoms with Gasteiger partial charge < -0.3 is 9.84 Å². The monoisotopic (exact) mass is 412 g/mol. The largest absolute Gasteiger partial charge is 0.508 e. The highest BCUT2D eigenvalue weighted by Crippen LogP contribution is 2.28. The van der Waals surface area contributed by atoms with Crippen LogP contribution in [0.15, 0.2) is 97.1 Å². The van der Waals surface area contributed by atoms with Gasteiger partial charge in [-0.3, -0.25) is 9.59 Å². The fraction of sp³-hybridized carbons (Fsp3) is 0. The molecule has 0 spiro atoms. The average Bonchev–Trinajstić information content (AvgIpc) is 2.80. The van der Waals surface area contributed by atoms with Crippen molar-refractivity contribution in [1.29, 1.82) is 0 Å². The predicted molar refractivity (Wildman–Crippen MR) is 114 cm³/mol. The van der Waals surface area contributed by atoms with Crippen molar-refractivity contribution in [3.8, 4) is 17.2 Å². The molecule has 0 radical (unpaired) electrons. The van der Waals surface area contributed by atoms with E-state index in [1.165, 1.54) is 48.5 Å². The molecule has 0 aliphatic carbocycles. The van der Waals surface area contributed by atoms with Crippen LogP contribution in [0.5, 0.6) is 17.2 Å². The first-order valence-electron chi connectivity index (χ1n) is 9.52. The molecule has 0 aliphatic rings. The van der Waals surface area contributed by atoms with Gasteiger partial charge in [0.2, 0.25) is 0 Å². The quantitative estimate of drug-likeness (QED) is 0.408. The van der Waals surface area contributed by atoms with Crippen molar-refractivity contribution >= 4 is 11.6 Å². The topological polar surface area (TPSA) is 63.6 Å². The van der Waals surface area contributed by atoms with Gasteiger partial charge in [-0.2, -0.15) is 0 Å². The molecule has 0 aromatic heterocycles. The first-order valence-corrected chi connectivity index (χ1v) is 9.52. The van der Waals surface area contributed by atoms with E-state index in [0.717, 1.165) is 0 Å². The van der Waals surface area contributed by atoms with E-state index < -0.39 is 5.82 Å². The molecule has 0 atom stereocenters. The van der Waals surface area contributed by atoms with Crippen molar-refractivity contribution < 1.29 is 23.8 Å². The molecule has 1 N–H and O–H groups in total. The van der Waals surface area contributed by atoms with Crippen LogP contribution < -0.4 is 4.74 Å². The molecule has 0 aliphatic heterocycles. The summed E-state index contributed by atoms with van der Waals surface area (Å²) in [6.45, 7) is 0. The van der Waals surface area contributed by atoms with E-state index >= 15 is 0 Å². The third kappa shape index (κ3) is 4.51. The normalized spacial score (nSPS) is 10.5. The van der Waals surface area contributed by atoms with E-state index in [1.807, 2.05) is 0 Å². The number of para-hydroxylation sites is 1. The highest BCUT2D eigenvalue weighted by Gasteiger charge is 2.16. The van der Waals surface area contributed by atoms with Crippen LogP contribution in [-0.2, 0) is 0 Å². The number of hydrogen-bond acceptors (Lipinski definition) is 4. The summed E-state index contributed by atoms with van der Waals surface area (Å²) in [5.41, 5.74) is 1.51. The molecule has 0 unspecified atom stereocenters. The second-order valence-electron chi connectivity index (χ2n) is 6.84. The molecule has 0 amide bonds. The number of ketones is 2. The second-order valence-corrected chi connectivity index (χ2v) is 6.84. The van der Waals surface area contributed by atoms with Crippen LogP contribution in [0.4, 0.5) is 4.39 Å². The van der Waals surface area contributed by atoms with Crippen molar-refractivity contribution in [2.75, 3.05) is 0 Å². The van der Waals surface area contributed by atoms with Gasteiger partial charge >= 0.3 is 0 Å². The standard InChI is InChI=1S/C26H17FO4/c27-20-12-8-17(9-13-20)25(29)19-4-3-5-22(16-19)31-24-7-2-1-6-23(24)26(30)18-10-14-21(28)15-11-18/h1-16,28H. The van der Waals surface area contributed by atoms with Crippen LogP contribution in [0.1, 0.15) is 31.8 Å². The molecule has 0 saturated heterocycles. The van der Waals surface area contributed by atoms with Crippen molar-refractivity contribution in [1.82, 2.24) is 0 Å². The summed E-state index contributed by atoms with van der Waals surface area (Å²) in [5, 5.41) is 9.44. The van der Waals surface area contributed by atoms with E-state index in [-0.39, 0.29) is 17.3 Å². The minimum atomic E-state index is -0.413. The first-order chi connectivity index (χ1) is 15.0. The molecule has 0 fully saturated rings. The minimum absolute atomic E-state index is 0.0729. The number of halogens is 1. The SMILES string of the molecule is O=C(c1ccc(F)cc1)c1cccc(Oc2ccccc2C(=O)c2ccc(O)cc2)c1. The Labute approximate surface area is 178 Å². The number of benzene rings is 4. The third-order valence-corrected chi connectivity index (χ3v) is 4.69. The Bertz CT molecular complexity index is 1250. The van der Waals surface area contributed by atoms with E-state index in [1.54, 1.807) is 48.5 Å². The molecule has 31 heavy (non-hydrogen) atoms. The number of aromatic hydroxyl groups is 1. The first kappa shape index (κ1) is 20.0. The predicted octanol–water partition coefficient (Wildman–Crippen LogP) is 5.79. The highest BCUT2D eigenvalue weighted by atomic mass is 19.1. The summed E-state index contributed by atoms with van der Waals surface area (Å²) in [6, 6.07) is 24.7. The van der Waals surface area contributed by atoms with Crippen LogP contribution in [0.2, 0.25) is 0 Å². The van der Waals surface area contributed by atoms with Gasteiger partial charge in [0.05, 0.1) is 5.56 Å². The van der Waals surface area contributed by atoms with Crippen LogP contribution in [0, 0.1) is 5.82 Å². The van der Waals surface area contributed by atoms with Crippen molar-refractivity contribution in [3.63, 3.8) is 0 Å². The molecular formula is C26H17FO4. The number of rotatable bonds is 6. The number of carbonyl (C=O) groups excluding carboxylic acids is 2. The highest BCUT2D eigenvalue weighted by molar-refractivity contribution is 6.11. The zero-order chi connectivity index (χ0) is 21.8. The Morgan fingerprint density at radius 1 is 0.677 bits per heavy atom. The maximum Gasteiger partial charge on any atom is 0.196 e. The number of phenolic OH excluding ortho intramolecular Hbond substituents is 1. The van der Waals surface area contributed by atoms with Crippen molar-refractivity contribution in [2.45, 2.75) is 0 Å². The molecule has 4 aromatic carbocycles. The second kappa shape index (κ2) is 8.63. The molecule has 152 valence electrons. The van der Waals surface area contributed by atoms with Gasteiger partial charge in [0.25, 0.3) is 0 Å². The van der Waals surface area contributed by atoms with E-state index in [0.29, 0.717) is 33.8 Å². The van der Waals surface area contributed by atoms with Gasteiger partial charge in [-0.1, -0.05) is 24.3 Å². The molecule has 5 heteroatoms. The maximum atomic E-state index is 13.1. The Morgan fingerprint density at radius 2 is 1.32 bits per heavy atom. The Hall–Kier alpha value is -4.25. The fourth-order valence-corrected chi connectivity index (χ4v) is 3.11. The summed E-state index contributed by atoms with van der Waals surface area (Å²) in [5.74, 6) is -0.133. The third-order valence-electron chi connectivity index (χ3n) is 4.69. The smallest absolute Gasteiger partial charge is 0.196 e. The average molecular weight is 412 g/mol.